The van der Waals surface area contributed by atoms with Gasteiger partial charge in [-0.25, -0.2) is 0 Å². The molecule has 0 saturated heterocycles. The third-order valence-electron chi connectivity index (χ3n) is 4.79. The Hall–Kier alpha value is -2.66. The van der Waals surface area contributed by atoms with E-state index in [4.69, 9.17) is 0 Å². The number of nitrogens with two attached hydrogens (primary N) is 1. The number of hydrogen-bond acceptors (Lipinski definition) is 2. The average molecular weight is 383 g/mol. The van der Waals surface area contributed by atoms with Gasteiger partial charge in [-0.05, 0) is 23.1 Å². The van der Waals surface area contributed by atoms with Gasteiger partial charge in [-0.2, -0.15) is 0 Å². The van der Waals surface area contributed by atoms with Crippen LogP contribution in [-0.2, 0) is 10.2 Å². The fourth-order valence-electron chi connectivity index (χ4n) is 3.07. The van der Waals surface area contributed by atoms with Crippen LogP contribution in [0.1, 0.15) is 62.1 Å². The van der Waals surface area contributed by atoms with Gasteiger partial charge in [0, 0.05) is 17.0 Å². The summed E-state index contributed by atoms with van der Waals surface area (Å²) in [7, 11) is 0. The van der Waals surface area contributed by atoms with E-state index < -0.39 is 0 Å². The highest BCUT2D eigenvalue weighted by atomic mass is 16.2. The first-order chi connectivity index (χ1) is 13.2. The summed E-state index contributed by atoms with van der Waals surface area (Å²) in [5.74, 6) is -0.194. The number of hydrogen-bond donors (Lipinski definition) is 3. The van der Waals surface area contributed by atoms with Crippen LogP contribution in [0.5, 0.6) is 0 Å². The van der Waals surface area contributed by atoms with E-state index in [1.54, 1.807) is 24.3 Å². The van der Waals surface area contributed by atoms with E-state index in [-0.39, 0.29) is 29.8 Å². The molecule has 2 rings (SSSR count). The molecule has 0 saturated carbocycles. The molecule has 5 nitrogen and oxygen atoms in total. The van der Waals surface area contributed by atoms with Gasteiger partial charge in [0.2, 0.25) is 0 Å². The zero-order chi connectivity index (χ0) is 20.7. The van der Waals surface area contributed by atoms with E-state index in [1.807, 2.05) is 11.4 Å². The fraction of sp³-hybridized carbons (Fsp3) is 0.391. The highest BCUT2D eigenvalue weighted by Gasteiger charge is 2.22. The maximum atomic E-state index is 12.2. The number of benzene rings is 2. The van der Waals surface area contributed by atoms with Crippen LogP contribution in [0.25, 0.3) is 0 Å². The minimum absolute atomic E-state index is 0.117. The van der Waals surface area contributed by atoms with Gasteiger partial charge in [0.25, 0.3) is 11.8 Å². The Labute approximate surface area is 167 Å². The summed E-state index contributed by atoms with van der Waals surface area (Å²) >= 11 is 0. The van der Waals surface area contributed by atoms with E-state index in [2.05, 4.69) is 69.7 Å². The molecule has 0 fully saturated rings. The molecule has 150 valence electrons. The molecule has 0 spiro atoms. The van der Waals surface area contributed by atoms with Crippen molar-refractivity contribution in [3.8, 4) is 0 Å². The van der Waals surface area contributed by atoms with Gasteiger partial charge in [0.1, 0.15) is 6.04 Å². The lowest BCUT2D eigenvalue weighted by Crippen LogP contribution is -2.88. The summed E-state index contributed by atoms with van der Waals surface area (Å²) in [5, 5.41) is 2.01. The lowest BCUT2D eigenvalue weighted by Gasteiger charge is -2.22. The van der Waals surface area contributed by atoms with Crippen molar-refractivity contribution in [1.29, 1.82) is 0 Å². The van der Waals surface area contributed by atoms with Crippen LogP contribution in [0.15, 0.2) is 54.6 Å². The monoisotopic (exact) mass is 382 g/mol. The molecule has 0 aliphatic heterocycles. The van der Waals surface area contributed by atoms with Crippen molar-refractivity contribution < 1.29 is 14.9 Å². The van der Waals surface area contributed by atoms with Gasteiger partial charge in [-0.15, -0.1) is 0 Å². The van der Waals surface area contributed by atoms with Crippen molar-refractivity contribution in [1.82, 2.24) is 10.9 Å². The molecule has 0 heterocycles. The van der Waals surface area contributed by atoms with Crippen LogP contribution in [0.3, 0.4) is 0 Å². The standard InChI is InChI=1S/C23H31N3O2/c1-16(2)21(17-11-13-19(14-12-17)23(3,4)5)24-15-20(27)25-26-22(28)18-9-7-6-8-10-18/h6-14,16,21,24H,15H2,1-5H3,(H,25,27)(H,26,28)/p+1/t21-/m0/s1. The number of quaternary nitrogens is 1. The van der Waals surface area contributed by atoms with Crippen molar-refractivity contribution in [3.05, 3.63) is 71.3 Å². The molecule has 5 heteroatoms. The molecule has 0 aliphatic rings. The Morgan fingerprint density at radius 2 is 1.54 bits per heavy atom. The minimum atomic E-state index is -0.327. The molecule has 0 aliphatic carbocycles. The summed E-state index contributed by atoms with van der Waals surface area (Å²) in [4.78, 5) is 24.2. The summed E-state index contributed by atoms with van der Waals surface area (Å²) in [6.45, 7) is 11.1. The summed E-state index contributed by atoms with van der Waals surface area (Å²) in [5.41, 5.74) is 8.06. The second-order valence-corrected chi connectivity index (χ2v) is 8.45. The molecule has 0 bridgehead atoms. The molecule has 2 aromatic rings. The molecular formula is C23H32N3O2+. The normalized spacial score (nSPS) is 12.5. The molecule has 2 aromatic carbocycles. The molecule has 28 heavy (non-hydrogen) atoms. The molecule has 4 N–H and O–H groups in total. The second kappa shape index (κ2) is 9.51. The zero-order valence-corrected chi connectivity index (χ0v) is 17.5. The third kappa shape index (κ3) is 6.20. The van der Waals surface area contributed by atoms with Crippen molar-refractivity contribution >= 4 is 11.8 Å². The van der Waals surface area contributed by atoms with Gasteiger partial charge < -0.3 is 5.32 Å². The third-order valence-corrected chi connectivity index (χ3v) is 4.79. The van der Waals surface area contributed by atoms with E-state index in [0.717, 1.165) is 0 Å². The predicted octanol–water partition coefficient (Wildman–Crippen LogP) is 2.71. The Bertz CT molecular complexity index is 778. The van der Waals surface area contributed by atoms with Crippen molar-refractivity contribution in [2.24, 2.45) is 5.92 Å². The maximum absolute atomic E-state index is 12.2. The Morgan fingerprint density at radius 3 is 2.07 bits per heavy atom. The first-order valence-corrected chi connectivity index (χ1v) is 9.76. The largest absolute Gasteiger partial charge is 0.332 e. The number of rotatable bonds is 6. The predicted molar refractivity (Wildman–Crippen MR) is 112 cm³/mol. The molecule has 0 aromatic heterocycles. The Kier molecular flexibility index (Phi) is 7.35. The van der Waals surface area contributed by atoms with Crippen LogP contribution in [0.4, 0.5) is 0 Å². The number of amides is 2. The number of carbonyl (C=O) groups is 2. The van der Waals surface area contributed by atoms with E-state index in [9.17, 15) is 9.59 Å². The lowest BCUT2D eigenvalue weighted by molar-refractivity contribution is -0.692. The molecule has 2 amide bonds. The SMILES string of the molecule is CC(C)[C@H]([NH2+]CC(=O)NNC(=O)c1ccccc1)c1ccc(C(C)(C)C)cc1. The van der Waals surface area contributed by atoms with Crippen LogP contribution < -0.4 is 16.2 Å². The topological polar surface area (TPSA) is 74.8 Å². The smallest absolute Gasteiger partial charge is 0.293 e. The van der Waals surface area contributed by atoms with E-state index in [1.165, 1.54) is 11.1 Å². The van der Waals surface area contributed by atoms with Gasteiger partial charge in [-0.3, -0.25) is 20.4 Å². The van der Waals surface area contributed by atoms with Crippen molar-refractivity contribution in [3.63, 3.8) is 0 Å². The van der Waals surface area contributed by atoms with Gasteiger partial charge in [0.05, 0.1) is 0 Å². The first-order valence-electron chi connectivity index (χ1n) is 9.76. The van der Waals surface area contributed by atoms with Gasteiger partial charge >= 0.3 is 0 Å². The molecule has 0 unspecified atom stereocenters. The van der Waals surface area contributed by atoms with E-state index in [0.29, 0.717) is 11.5 Å². The van der Waals surface area contributed by atoms with Crippen molar-refractivity contribution in [2.45, 2.75) is 46.1 Å². The zero-order valence-electron chi connectivity index (χ0n) is 17.5. The number of carbonyl (C=O) groups excluding carboxylic acids is 2. The van der Waals surface area contributed by atoms with E-state index >= 15 is 0 Å². The van der Waals surface area contributed by atoms with Crippen LogP contribution in [0, 0.1) is 5.92 Å². The van der Waals surface area contributed by atoms with Crippen LogP contribution in [-0.4, -0.2) is 18.4 Å². The van der Waals surface area contributed by atoms with Gasteiger partial charge in [0.15, 0.2) is 6.54 Å². The highest BCUT2D eigenvalue weighted by Crippen LogP contribution is 2.25. The quantitative estimate of drug-likeness (QED) is 0.672. The Balaban J connectivity index is 1.90. The molecule has 0 radical (unpaired) electrons. The summed E-state index contributed by atoms with van der Waals surface area (Å²) in [6, 6.07) is 17.6. The first kappa shape index (κ1) is 21.6. The number of hydrazine groups is 1. The molecular weight excluding hydrogens is 350 g/mol. The second-order valence-electron chi connectivity index (χ2n) is 8.45. The lowest BCUT2D eigenvalue weighted by atomic mass is 9.85. The maximum Gasteiger partial charge on any atom is 0.293 e. The highest BCUT2D eigenvalue weighted by molar-refractivity contribution is 5.95. The summed E-state index contributed by atoms with van der Waals surface area (Å²) < 4.78 is 0. The fourth-order valence-corrected chi connectivity index (χ4v) is 3.07. The van der Waals surface area contributed by atoms with Crippen molar-refractivity contribution in [2.75, 3.05) is 6.54 Å². The van der Waals surface area contributed by atoms with Crippen LogP contribution in [0.2, 0.25) is 0 Å². The molecule has 1 atom stereocenters. The van der Waals surface area contributed by atoms with Crippen LogP contribution >= 0.6 is 0 Å². The minimum Gasteiger partial charge on any atom is -0.332 e. The average Bonchev–Trinajstić information content (AvgIpc) is 2.66. The Morgan fingerprint density at radius 1 is 0.929 bits per heavy atom. The van der Waals surface area contributed by atoms with Gasteiger partial charge in [-0.1, -0.05) is 77.1 Å². The number of nitrogens with one attached hydrogen (secondary N) is 2. The summed E-state index contributed by atoms with van der Waals surface area (Å²) in [6.07, 6.45) is 0.